The van der Waals surface area contributed by atoms with Crippen LogP contribution in [0, 0.1) is 0 Å². The lowest BCUT2D eigenvalue weighted by molar-refractivity contribution is 0.0290. The van der Waals surface area contributed by atoms with E-state index in [0.717, 1.165) is 13.1 Å². The molecule has 3 heterocycles. The maximum Gasteiger partial charge on any atom is 0.320 e. The highest BCUT2D eigenvalue weighted by Crippen LogP contribution is 2.21. The maximum absolute atomic E-state index is 12.1. The number of ether oxygens (including phenoxy) is 1. The Morgan fingerprint density at radius 2 is 2.00 bits per heavy atom. The molecule has 0 aromatic carbocycles. The van der Waals surface area contributed by atoms with Crippen LogP contribution < -0.4 is 0 Å². The number of likely N-dealkylation sites (tertiary alicyclic amines) is 1. The third-order valence-electron chi connectivity index (χ3n) is 3.31. The summed E-state index contributed by atoms with van der Waals surface area (Å²) in [6.45, 7) is 4.25. The molecule has 2 aliphatic heterocycles. The van der Waals surface area contributed by atoms with Gasteiger partial charge in [-0.25, -0.2) is 4.79 Å². The van der Waals surface area contributed by atoms with Gasteiger partial charge in [0.15, 0.2) is 0 Å². The first-order chi connectivity index (χ1) is 8.34. The summed E-state index contributed by atoms with van der Waals surface area (Å²) >= 11 is 0. The van der Waals surface area contributed by atoms with E-state index in [-0.39, 0.29) is 6.03 Å². The summed E-state index contributed by atoms with van der Waals surface area (Å²) in [4.78, 5) is 15.8. The number of hydrogen-bond donors (Lipinski definition) is 0. The van der Waals surface area contributed by atoms with Gasteiger partial charge in [-0.3, -0.25) is 4.68 Å². The van der Waals surface area contributed by atoms with Crippen molar-refractivity contribution in [3.63, 3.8) is 0 Å². The Morgan fingerprint density at radius 3 is 2.65 bits per heavy atom. The van der Waals surface area contributed by atoms with Gasteiger partial charge in [0.1, 0.15) is 0 Å². The molecule has 0 atom stereocenters. The summed E-state index contributed by atoms with van der Waals surface area (Å²) in [5, 5.41) is 4.19. The normalized spacial score (nSPS) is 21.4. The number of carbonyl (C=O) groups excluding carboxylic acids is 1. The Labute approximate surface area is 99.7 Å². The van der Waals surface area contributed by atoms with E-state index in [1.807, 2.05) is 26.7 Å². The fourth-order valence-corrected chi connectivity index (χ4v) is 2.23. The van der Waals surface area contributed by atoms with Crippen LogP contribution in [0.1, 0.15) is 6.04 Å². The van der Waals surface area contributed by atoms with Crippen LogP contribution in [0.2, 0.25) is 0 Å². The molecule has 2 fully saturated rings. The first-order valence-electron chi connectivity index (χ1n) is 5.95. The van der Waals surface area contributed by atoms with Crippen molar-refractivity contribution in [3.05, 3.63) is 18.5 Å². The number of morpholine rings is 1. The van der Waals surface area contributed by atoms with Gasteiger partial charge in [-0.1, -0.05) is 0 Å². The number of amides is 2. The van der Waals surface area contributed by atoms with Crippen LogP contribution in [0.3, 0.4) is 0 Å². The van der Waals surface area contributed by atoms with Crippen LogP contribution in [0.5, 0.6) is 0 Å². The van der Waals surface area contributed by atoms with Crippen LogP contribution in [0.25, 0.3) is 0 Å². The predicted molar refractivity (Wildman–Crippen MR) is 60.6 cm³/mol. The zero-order valence-corrected chi connectivity index (χ0v) is 9.66. The Kier molecular flexibility index (Phi) is 2.72. The van der Waals surface area contributed by atoms with E-state index in [4.69, 9.17) is 4.74 Å². The SMILES string of the molecule is O=C(N1CCOCC1)N1CC(n2cccn2)C1. The quantitative estimate of drug-likeness (QED) is 0.699. The zero-order chi connectivity index (χ0) is 11.7. The van der Waals surface area contributed by atoms with Crippen LogP contribution >= 0.6 is 0 Å². The largest absolute Gasteiger partial charge is 0.378 e. The third-order valence-corrected chi connectivity index (χ3v) is 3.31. The molecule has 1 aromatic heterocycles. The molecular weight excluding hydrogens is 220 g/mol. The van der Waals surface area contributed by atoms with Crippen molar-refractivity contribution >= 4 is 6.03 Å². The van der Waals surface area contributed by atoms with Crippen molar-refractivity contribution < 1.29 is 9.53 Å². The van der Waals surface area contributed by atoms with Gasteiger partial charge in [0.25, 0.3) is 0 Å². The summed E-state index contributed by atoms with van der Waals surface area (Å²) in [5.74, 6) is 0. The number of rotatable bonds is 1. The van der Waals surface area contributed by atoms with Crippen molar-refractivity contribution in [3.8, 4) is 0 Å². The molecule has 1 aromatic rings. The van der Waals surface area contributed by atoms with E-state index >= 15 is 0 Å². The zero-order valence-electron chi connectivity index (χ0n) is 9.66. The Balaban J connectivity index is 1.53. The van der Waals surface area contributed by atoms with Gasteiger partial charge >= 0.3 is 6.03 Å². The third kappa shape index (κ3) is 2.00. The molecule has 2 saturated heterocycles. The fourth-order valence-electron chi connectivity index (χ4n) is 2.23. The van der Waals surface area contributed by atoms with Crippen molar-refractivity contribution in [1.29, 1.82) is 0 Å². The number of aromatic nitrogens is 2. The smallest absolute Gasteiger partial charge is 0.320 e. The second-order valence-corrected chi connectivity index (χ2v) is 4.43. The summed E-state index contributed by atoms with van der Waals surface area (Å²) in [6.07, 6.45) is 3.72. The molecule has 0 N–H and O–H groups in total. The summed E-state index contributed by atoms with van der Waals surface area (Å²) < 4.78 is 7.15. The molecule has 0 aliphatic carbocycles. The molecule has 0 spiro atoms. The molecule has 0 unspecified atom stereocenters. The second-order valence-electron chi connectivity index (χ2n) is 4.43. The topological polar surface area (TPSA) is 50.6 Å². The summed E-state index contributed by atoms with van der Waals surface area (Å²) in [7, 11) is 0. The lowest BCUT2D eigenvalue weighted by Crippen LogP contribution is -2.57. The maximum atomic E-state index is 12.1. The Morgan fingerprint density at radius 1 is 1.24 bits per heavy atom. The number of urea groups is 1. The summed E-state index contributed by atoms with van der Waals surface area (Å²) in [6, 6.07) is 2.39. The van der Waals surface area contributed by atoms with Crippen molar-refractivity contribution in [2.24, 2.45) is 0 Å². The molecule has 0 saturated carbocycles. The fraction of sp³-hybridized carbons (Fsp3) is 0.636. The molecule has 3 rings (SSSR count). The molecule has 0 bridgehead atoms. The van der Waals surface area contributed by atoms with Crippen LogP contribution in [-0.4, -0.2) is 65.0 Å². The minimum atomic E-state index is 0.136. The van der Waals surface area contributed by atoms with Gasteiger partial charge in [0, 0.05) is 38.6 Å². The highest BCUT2D eigenvalue weighted by atomic mass is 16.5. The highest BCUT2D eigenvalue weighted by Gasteiger charge is 2.34. The van der Waals surface area contributed by atoms with Crippen molar-refractivity contribution in [2.45, 2.75) is 6.04 Å². The standard InChI is InChI=1S/C11H16N4O2/c16-11(13-4-6-17-7-5-13)14-8-10(9-14)15-3-1-2-12-15/h1-3,10H,4-9H2. The predicted octanol–water partition coefficient (Wildman–Crippen LogP) is 0.192. The molecule has 17 heavy (non-hydrogen) atoms. The Bertz CT molecular complexity index is 380. The monoisotopic (exact) mass is 236 g/mol. The number of carbonyl (C=O) groups is 1. The molecule has 6 nitrogen and oxygen atoms in total. The van der Waals surface area contributed by atoms with Crippen molar-refractivity contribution in [1.82, 2.24) is 19.6 Å². The minimum absolute atomic E-state index is 0.136. The molecule has 2 aliphatic rings. The van der Waals surface area contributed by atoms with E-state index < -0.39 is 0 Å². The van der Waals surface area contributed by atoms with E-state index in [2.05, 4.69) is 5.10 Å². The van der Waals surface area contributed by atoms with Gasteiger partial charge in [0.2, 0.25) is 0 Å². The van der Waals surface area contributed by atoms with Crippen LogP contribution in [0.15, 0.2) is 18.5 Å². The number of nitrogens with zero attached hydrogens (tertiary/aromatic N) is 4. The van der Waals surface area contributed by atoms with Gasteiger partial charge in [-0.2, -0.15) is 5.10 Å². The van der Waals surface area contributed by atoms with Gasteiger partial charge < -0.3 is 14.5 Å². The molecule has 2 amide bonds. The number of hydrogen-bond acceptors (Lipinski definition) is 3. The molecule has 92 valence electrons. The minimum Gasteiger partial charge on any atom is -0.378 e. The van der Waals surface area contributed by atoms with Gasteiger partial charge in [-0.15, -0.1) is 0 Å². The van der Waals surface area contributed by atoms with Crippen LogP contribution in [0.4, 0.5) is 4.79 Å². The average Bonchev–Trinajstić information content (AvgIpc) is 2.82. The first-order valence-corrected chi connectivity index (χ1v) is 5.95. The first kappa shape index (κ1) is 10.6. The Hall–Kier alpha value is -1.56. The molecule has 6 heteroatoms. The molecule has 0 radical (unpaired) electrons. The average molecular weight is 236 g/mol. The van der Waals surface area contributed by atoms with E-state index in [9.17, 15) is 4.79 Å². The second kappa shape index (κ2) is 4.37. The van der Waals surface area contributed by atoms with E-state index in [1.165, 1.54) is 0 Å². The highest BCUT2D eigenvalue weighted by molar-refractivity contribution is 5.75. The van der Waals surface area contributed by atoms with Crippen LogP contribution in [-0.2, 0) is 4.74 Å². The van der Waals surface area contributed by atoms with Gasteiger partial charge in [-0.05, 0) is 6.07 Å². The lowest BCUT2D eigenvalue weighted by atomic mass is 10.1. The van der Waals surface area contributed by atoms with Gasteiger partial charge in [0.05, 0.1) is 19.3 Å². The molecular formula is C11H16N4O2. The van der Waals surface area contributed by atoms with E-state index in [0.29, 0.717) is 32.3 Å². The lowest BCUT2D eigenvalue weighted by Gasteiger charge is -2.42. The van der Waals surface area contributed by atoms with Crippen molar-refractivity contribution in [2.75, 3.05) is 39.4 Å². The van der Waals surface area contributed by atoms with E-state index in [1.54, 1.807) is 6.20 Å². The summed E-state index contributed by atoms with van der Waals surface area (Å²) in [5.41, 5.74) is 0.